The van der Waals surface area contributed by atoms with Crippen LogP contribution < -0.4 is 19.3 Å². The first-order valence-electron chi connectivity index (χ1n) is 10.8. The van der Waals surface area contributed by atoms with Gasteiger partial charge in [0.2, 0.25) is 15.9 Å². The topological polar surface area (TPSA) is 96.0 Å². The van der Waals surface area contributed by atoms with Crippen molar-refractivity contribution in [3.05, 3.63) is 72.5 Å². The van der Waals surface area contributed by atoms with Crippen molar-refractivity contribution >= 4 is 39.1 Å². The van der Waals surface area contributed by atoms with Crippen LogP contribution in [0.15, 0.2) is 66.7 Å². The van der Waals surface area contributed by atoms with E-state index in [1.807, 2.05) is 13.0 Å². The molecule has 10 heteroatoms. The summed E-state index contributed by atoms with van der Waals surface area (Å²) in [4.78, 5) is 28.6. The van der Waals surface area contributed by atoms with Gasteiger partial charge in [0, 0.05) is 19.2 Å². The highest BCUT2D eigenvalue weighted by molar-refractivity contribution is 7.92. The zero-order chi connectivity index (χ0) is 25.3. The molecule has 0 saturated carbocycles. The van der Waals surface area contributed by atoms with E-state index in [-0.39, 0.29) is 24.2 Å². The highest BCUT2D eigenvalue weighted by atomic mass is 32.2. The SMILES string of the molecule is CC(=O)N1c2ccc(-c3ccc(NS(C)(=O)=O)cc3)cc2N(C(=O)Oc2ccc(F)cc2)CC1C. The van der Waals surface area contributed by atoms with Crippen LogP contribution in [-0.4, -0.2) is 39.3 Å². The number of carbonyl (C=O) groups is 2. The Labute approximate surface area is 203 Å². The summed E-state index contributed by atoms with van der Waals surface area (Å²) in [5.74, 6) is -0.403. The molecule has 3 aromatic rings. The standard InChI is InChI=1S/C25H24FN3O5S/c1-16-15-28(25(31)34-22-11-7-20(26)8-12-22)24-14-19(6-13-23(24)29(16)17(2)30)18-4-9-21(10-5-18)27-35(3,32)33/h4-14,16,27H,15H2,1-3H3. The lowest BCUT2D eigenvalue weighted by molar-refractivity contribution is -0.117. The van der Waals surface area contributed by atoms with Gasteiger partial charge in [-0.25, -0.2) is 17.6 Å². The minimum Gasteiger partial charge on any atom is -0.410 e. The molecule has 4 rings (SSSR count). The van der Waals surface area contributed by atoms with Crippen LogP contribution in [0.1, 0.15) is 13.8 Å². The molecule has 0 saturated heterocycles. The zero-order valence-corrected chi connectivity index (χ0v) is 20.2. The summed E-state index contributed by atoms with van der Waals surface area (Å²) in [5.41, 5.74) is 3.02. The first-order valence-corrected chi connectivity index (χ1v) is 12.7. The van der Waals surface area contributed by atoms with Gasteiger partial charge in [0.15, 0.2) is 0 Å². The predicted molar refractivity (Wildman–Crippen MR) is 133 cm³/mol. The highest BCUT2D eigenvalue weighted by Gasteiger charge is 2.34. The van der Waals surface area contributed by atoms with Crippen LogP contribution in [0.4, 0.5) is 26.2 Å². The van der Waals surface area contributed by atoms with Crippen molar-refractivity contribution in [1.82, 2.24) is 0 Å². The molecule has 2 amide bonds. The van der Waals surface area contributed by atoms with Crippen molar-refractivity contribution in [3.8, 4) is 16.9 Å². The third-order valence-electron chi connectivity index (χ3n) is 5.51. The maximum Gasteiger partial charge on any atom is 0.419 e. The van der Waals surface area contributed by atoms with E-state index < -0.39 is 21.9 Å². The van der Waals surface area contributed by atoms with Gasteiger partial charge in [-0.2, -0.15) is 0 Å². The van der Waals surface area contributed by atoms with Crippen molar-refractivity contribution in [2.75, 3.05) is 27.3 Å². The zero-order valence-electron chi connectivity index (χ0n) is 19.4. The fourth-order valence-electron chi connectivity index (χ4n) is 4.06. The second-order valence-corrected chi connectivity index (χ2v) is 10.1. The van der Waals surface area contributed by atoms with E-state index in [0.717, 1.165) is 17.4 Å². The van der Waals surface area contributed by atoms with Crippen molar-refractivity contribution < 1.29 is 27.1 Å². The summed E-state index contributed by atoms with van der Waals surface area (Å²) in [7, 11) is -3.40. The van der Waals surface area contributed by atoms with E-state index >= 15 is 0 Å². The number of anilines is 3. The van der Waals surface area contributed by atoms with Crippen molar-refractivity contribution in [3.63, 3.8) is 0 Å². The Bertz CT molecular complexity index is 1380. The molecule has 1 unspecified atom stereocenters. The Morgan fingerprint density at radius 3 is 2.20 bits per heavy atom. The monoisotopic (exact) mass is 497 g/mol. The summed E-state index contributed by atoms with van der Waals surface area (Å²) in [5, 5.41) is 0. The van der Waals surface area contributed by atoms with E-state index in [9.17, 15) is 22.4 Å². The quantitative estimate of drug-likeness (QED) is 0.567. The number of nitrogens with one attached hydrogen (secondary N) is 1. The number of rotatable bonds is 4. The lowest BCUT2D eigenvalue weighted by Gasteiger charge is -2.40. The average Bonchev–Trinajstić information content (AvgIpc) is 2.79. The molecule has 1 aliphatic heterocycles. The Morgan fingerprint density at radius 1 is 0.971 bits per heavy atom. The minimum absolute atomic E-state index is 0.158. The van der Waals surface area contributed by atoms with Gasteiger partial charge in [-0.3, -0.25) is 14.4 Å². The highest BCUT2D eigenvalue weighted by Crippen LogP contribution is 2.39. The second kappa shape index (κ2) is 9.38. The predicted octanol–water partition coefficient (Wildman–Crippen LogP) is 4.62. The summed E-state index contributed by atoms with van der Waals surface area (Å²) >= 11 is 0. The molecule has 0 aliphatic carbocycles. The molecule has 3 aromatic carbocycles. The first-order chi connectivity index (χ1) is 16.5. The van der Waals surface area contributed by atoms with Gasteiger partial charge in [0.25, 0.3) is 0 Å². The molecule has 1 aliphatic rings. The smallest absolute Gasteiger partial charge is 0.410 e. The molecule has 0 radical (unpaired) electrons. The Kier molecular flexibility index (Phi) is 6.49. The van der Waals surface area contributed by atoms with Crippen LogP contribution in [0.3, 0.4) is 0 Å². The second-order valence-electron chi connectivity index (χ2n) is 8.33. The number of benzene rings is 3. The summed E-state index contributed by atoms with van der Waals surface area (Å²) in [6.07, 6.45) is 0.420. The maximum absolute atomic E-state index is 13.2. The maximum atomic E-state index is 13.2. The van der Waals surface area contributed by atoms with E-state index in [2.05, 4.69) is 4.72 Å². The Morgan fingerprint density at radius 2 is 1.60 bits per heavy atom. The number of carbonyl (C=O) groups excluding carboxylic acids is 2. The van der Waals surface area contributed by atoms with Gasteiger partial charge in [0.1, 0.15) is 11.6 Å². The molecule has 0 bridgehead atoms. The van der Waals surface area contributed by atoms with Gasteiger partial charge in [-0.05, 0) is 66.6 Å². The van der Waals surface area contributed by atoms with Gasteiger partial charge >= 0.3 is 6.09 Å². The molecule has 8 nitrogen and oxygen atoms in total. The fourth-order valence-corrected chi connectivity index (χ4v) is 4.63. The molecule has 1 N–H and O–H groups in total. The molecule has 0 spiro atoms. The number of halogens is 1. The number of amides is 2. The lowest BCUT2D eigenvalue weighted by atomic mass is 10.0. The van der Waals surface area contributed by atoms with Crippen LogP contribution in [0.2, 0.25) is 0 Å². The minimum atomic E-state index is -3.40. The summed E-state index contributed by atoms with van der Waals surface area (Å²) < 4.78 is 44.1. The lowest BCUT2D eigenvalue weighted by Crippen LogP contribution is -2.52. The number of ether oxygens (including phenoxy) is 1. The van der Waals surface area contributed by atoms with Crippen LogP contribution in [0, 0.1) is 5.82 Å². The Hall–Kier alpha value is -3.92. The summed E-state index contributed by atoms with van der Waals surface area (Å²) in [6, 6.07) is 17.0. The van der Waals surface area contributed by atoms with Gasteiger partial charge < -0.3 is 9.64 Å². The third-order valence-corrected chi connectivity index (χ3v) is 6.12. The van der Waals surface area contributed by atoms with E-state index in [1.54, 1.807) is 41.3 Å². The van der Waals surface area contributed by atoms with Crippen molar-refractivity contribution in [2.24, 2.45) is 0 Å². The number of fused-ring (bicyclic) bond motifs is 1. The van der Waals surface area contributed by atoms with Gasteiger partial charge in [0.05, 0.1) is 23.7 Å². The van der Waals surface area contributed by atoms with Crippen molar-refractivity contribution in [2.45, 2.75) is 19.9 Å². The molecule has 0 aromatic heterocycles. The average molecular weight is 498 g/mol. The van der Waals surface area contributed by atoms with E-state index in [4.69, 9.17) is 4.74 Å². The number of sulfonamides is 1. The number of hydrogen-bond donors (Lipinski definition) is 1. The fraction of sp³-hybridized carbons (Fsp3) is 0.200. The van der Waals surface area contributed by atoms with Crippen LogP contribution in [0.5, 0.6) is 5.75 Å². The normalized spacial score (nSPS) is 15.4. The van der Waals surface area contributed by atoms with Gasteiger partial charge in [-0.15, -0.1) is 0 Å². The number of nitrogens with zero attached hydrogens (tertiary/aromatic N) is 2. The number of hydrogen-bond acceptors (Lipinski definition) is 5. The van der Waals surface area contributed by atoms with Gasteiger partial charge in [-0.1, -0.05) is 18.2 Å². The molecule has 0 fully saturated rings. The molecule has 35 heavy (non-hydrogen) atoms. The van der Waals surface area contributed by atoms with Crippen molar-refractivity contribution in [1.29, 1.82) is 0 Å². The first kappa shape index (κ1) is 24.2. The molecule has 182 valence electrons. The van der Waals surface area contributed by atoms with E-state index in [1.165, 1.54) is 36.1 Å². The van der Waals surface area contributed by atoms with Crippen LogP contribution >= 0.6 is 0 Å². The molecular weight excluding hydrogens is 473 g/mol. The summed E-state index contributed by atoms with van der Waals surface area (Å²) in [6.45, 7) is 3.51. The van der Waals surface area contributed by atoms with E-state index in [0.29, 0.717) is 17.1 Å². The largest absolute Gasteiger partial charge is 0.419 e. The molecule has 1 heterocycles. The third kappa shape index (κ3) is 5.43. The van der Waals surface area contributed by atoms with Crippen LogP contribution in [0.25, 0.3) is 11.1 Å². The molecule has 1 atom stereocenters. The van der Waals surface area contributed by atoms with Crippen LogP contribution in [-0.2, 0) is 14.8 Å². The molecular formula is C25H24FN3O5S. The Balaban J connectivity index is 1.70.